The van der Waals surface area contributed by atoms with E-state index in [9.17, 15) is 4.79 Å². The molecule has 0 saturated heterocycles. The Bertz CT molecular complexity index is 435. The summed E-state index contributed by atoms with van der Waals surface area (Å²) in [6.07, 6.45) is 0.770. The van der Waals surface area contributed by atoms with E-state index in [0.717, 1.165) is 6.42 Å². The monoisotopic (exact) mass is 284 g/mol. The van der Waals surface area contributed by atoms with E-state index in [1.165, 1.54) is 0 Å². The highest BCUT2D eigenvalue weighted by Gasteiger charge is 2.18. The van der Waals surface area contributed by atoms with Crippen molar-refractivity contribution in [1.29, 1.82) is 0 Å². The normalized spacial score (nSPS) is 12.3. The molecule has 19 heavy (non-hydrogen) atoms. The van der Waals surface area contributed by atoms with E-state index in [2.05, 4.69) is 19.2 Å². The first-order valence-corrected chi connectivity index (χ1v) is 6.70. The van der Waals surface area contributed by atoms with E-state index < -0.39 is 0 Å². The Labute approximate surface area is 119 Å². The maximum Gasteiger partial charge on any atom is 0.228 e. The van der Waals surface area contributed by atoms with Gasteiger partial charge >= 0.3 is 0 Å². The van der Waals surface area contributed by atoms with Gasteiger partial charge in [0.25, 0.3) is 0 Å². The standard InChI is InChI=1S/C14H21ClN2O2/c1-9(2)6-10(8-16)14(18)17-11-4-5-13(19-3)12(15)7-11/h4-5,7,9-10H,6,8,16H2,1-3H3,(H,17,18). The van der Waals surface area contributed by atoms with Crippen LogP contribution in [0.25, 0.3) is 0 Å². The lowest BCUT2D eigenvalue weighted by Gasteiger charge is -2.17. The Hall–Kier alpha value is -1.26. The van der Waals surface area contributed by atoms with Crippen LogP contribution in [0.2, 0.25) is 5.02 Å². The van der Waals surface area contributed by atoms with E-state index in [1.54, 1.807) is 25.3 Å². The molecule has 0 aliphatic carbocycles. The molecule has 0 heterocycles. The van der Waals surface area contributed by atoms with Gasteiger partial charge in [-0.2, -0.15) is 0 Å². The summed E-state index contributed by atoms with van der Waals surface area (Å²) in [7, 11) is 1.55. The fraction of sp³-hybridized carbons (Fsp3) is 0.500. The largest absolute Gasteiger partial charge is 0.495 e. The molecule has 5 heteroatoms. The summed E-state index contributed by atoms with van der Waals surface area (Å²) in [5.74, 6) is 0.759. The molecule has 1 rings (SSSR count). The zero-order valence-corrected chi connectivity index (χ0v) is 12.3. The summed E-state index contributed by atoms with van der Waals surface area (Å²) in [4.78, 5) is 12.1. The van der Waals surface area contributed by atoms with Gasteiger partial charge in [0.1, 0.15) is 5.75 Å². The summed E-state index contributed by atoms with van der Waals surface area (Å²) < 4.78 is 5.06. The molecule has 0 aromatic heterocycles. The van der Waals surface area contributed by atoms with Gasteiger partial charge in [-0.1, -0.05) is 25.4 Å². The first kappa shape index (κ1) is 15.8. The highest BCUT2D eigenvalue weighted by atomic mass is 35.5. The molecule has 1 amide bonds. The smallest absolute Gasteiger partial charge is 0.228 e. The van der Waals surface area contributed by atoms with Gasteiger partial charge in [-0.25, -0.2) is 0 Å². The minimum absolute atomic E-state index is 0.0718. The molecule has 106 valence electrons. The van der Waals surface area contributed by atoms with Crippen LogP contribution in [0.1, 0.15) is 20.3 Å². The van der Waals surface area contributed by atoms with Crippen LogP contribution in [0.15, 0.2) is 18.2 Å². The fourth-order valence-corrected chi connectivity index (χ4v) is 2.13. The number of carbonyl (C=O) groups excluding carboxylic acids is 1. The molecule has 0 radical (unpaired) electrons. The van der Waals surface area contributed by atoms with E-state index in [0.29, 0.717) is 28.9 Å². The van der Waals surface area contributed by atoms with Gasteiger partial charge in [0.15, 0.2) is 0 Å². The lowest BCUT2D eigenvalue weighted by atomic mass is 9.96. The van der Waals surface area contributed by atoms with Crippen molar-refractivity contribution in [3.8, 4) is 5.75 Å². The van der Waals surface area contributed by atoms with Crippen molar-refractivity contribution < 1.29 is 9.53 Å². The highest BCUT2D eigenvalue weighted by molar-refractivity contribution is 6.32. The first-order chi connectivity index (χ1) is 8.97. The molecule has 0 spiro atoms. The van der Waals surface area contributed by atoms with Crippen molar-refractivity contribution in [2.75, 3.05) is 19.0 Å². The van der Waals surface area contributed by atoms with Crippen LogP contribution < -0.4 is 15.8 Å². The molecular formula is C14H21ClN2O2. The molecule has 0 aliphatic heterocycles. The number of halogens is 1. The molecule has 3 N–H and O–H groups in total. The van der Waals surface area contributed by atoms with Crippen molar-refractivity contribution in [2.45, 2.75) is 20.3 Å². The molecular weight excluding hydrogens is 264 g/mol. The Morgan fingerprint density at radius 1 is 1.47 bits per heavy atom. The number of nitrogens with two attached hydrogens (primary N) is 1. The molecule has 1 aromatic rings. The van der Waals surface area contributed by atoms with Gasteiger partial charge in [0, 0.05) is 12.2 Å². The van der Waals surface area contributed by atoms with Gasteiger partial charge in [0.2, 0.25) is 5.91 Å². The second-order valence-electron chi connectivity index (χ2n) is 4.90. The minimum Gasteiger partial charge on any atom is -0.495 e. The van der Waals surface area contributed by atoms with Crippen LogP contribution in [-0.4, -0.2) is 19.6 Å². The Morgan fingerprint density at radius 2 is 2.16 bits per heavy atom. The van der Waals surface area contributed by atoms with Crippen LogP contribution in [0.3, 0.4) is 0 Å². The lowest BCUT2D eigenvalue weighted by molar-refractivity contribution is -0.120. The van der Waals surface area contributed by atoms with E-state index >= 15 is 0 Å². The third-order valence-corrected chi connectivity index (χ3v) is 3.13. The number of hydrogen-bond acceptors (Lipinski definition) is 3. The lowest BCUT2D eigenvalue weighted by Crippen LogP contribution is -2.30. The van der Waals surface area contributed by atoms with Crippen molar-refractivity contribution in [3.05, 3.63) is 23.2 Å². The molecule has 1 aromatic carbocycles. The van der Waals surface area contributed by atoms with Crippen LogP contribution in [0.5, 0.6) is 5.75 Å². The summed E-state index contributed by atoms with van der Waals surface area (Å²) in [5.41, 5.74) is 6.30. The van der Waals surface area contributed by atoms with Gasteiger partial charge in [-0.15, -0.1) is 0 Å². The number of carbonyl (C=O) groups is 1. The topological polar surface area (TPSA) is 64.3 Å². The van der Waals surface area contributed by atoms with Crippen molar-refractivity contribution in [2.24, 2.45) is 17.6 Å². The molecule has 0 bridgehead atoms. The predicted octanol–water partition coefficient (Wildman–Crippen LogP) is 2.91. The van der Waals surface area contributed by atoms with Crippen molar-refractivity contribution >= 4 is 23.2 Å². The fourth-order valence-electron chi connectivity index (χ4n) is 1.87. The summed E-state index contributed by atoms with van der Waals surface area (Å²) in [6.45, 7) is 4.48. The number of amides is 1. The predicted molar refractivity (Wildman–Crippen MR) is 78.6 cm³/mol. The van der Waals surface area contributed by atoms with Gasteiger partial charge in [0.05, 0.1) is 18.1 Å². The second-order valence-corrected chi connectivity index (χ2v) is 5.31. The number of hydrogen-bond donors (Lipinski definition) is 2. The van der Waals surface area contributed by atoms with Gasteiger partial charge < -0.3 is 15.8 Å². The molecule has 0 aliphatic rings. The van der Waals surface area contributed by atoms with Crippen molar-refractivity contribution in [3.63, 3.8) is 0 Å². The average Bonchev–Trinajstić information content (AvgIpc) is 2.35. The van der Waals surface area contributed by atoms with Crippen LogP contribution in [0, 0.1) is 11.8 Å². The molecule has 0 fully saturated rings. The molecule has 4 nitrogen and oxygen atoms in total. The zero-order chi connectivity index (χ0) is 14.4. The number of methoxy groups -OCH3 is 1. The minimum atomic E-state index is -0.180. The zero-order valence-electron chi connectivity index (χ0n) is 11.6. The highest BCUT2D eigenvalue weighted by Crippen LogP contribution is 2.27. The maximum absolute atomic E-state index is 12.1. The first-order valence-electron chi connectivity index (χ1n) is 6.32. The number of rotatable bonds is 6. The summed E-state index contributed by atoms with van der Waals surface area (Å²) in [5, 5.41) is 3.30. The maximum atomic E-state index is 12.1. The number of ether oxygens (including phenoxy) is 1. The summed E-state index contributed by atoms with van der Waals surface area (Å²) >= 11 is 6.01. The average molecular weight is 285 g/mol. The van der Waals surface area contributed by atoms with Gasteiger partial charge in [-0.3, -0.25) is 4.79 Å². The van der Waals surface area contributed by atoms with E-state index in [-0.39, 0.29) is 11.8 Å². The molecule has 1 unspecified atom stereocenters. The molecule has 0 saturated carbocycles. The Morgan fingerprint density at radius 3 is 2.63 bits per heavy atom. The number of anilines is 1. The van der Waals surface area contributed by atoms with Crippen molar-refractivity contribution in [1.82, 2.24) is 0 Å². The quantitative estimate of drug-likeness (QED) is 0.844. The molecule has 1 atom stereocenters. The third kappa shape index (κ3) is 4.73. The summed E-state index contributed by atoms with van der Waals surface area (Å²) in [6, 6.07) is 5.14. The Balaban J connectivity index is 2.72. The third-order valence-electron chi connectivity index (χ3n) is 2.83. The van der Waals surface area contributed by atoms with Crippen LogP contribution >= 0.6 is 11.6 Å². The Kier molecular flexibility index (Phi) is 6.12. The van der Waals surface area contributed by atoms with Crippen LogP contribution in [0.4, 0.5) is 5.69 Å². The number of nitrogens with one attached hydrogen (secondary N) is 1. The van der Waals surface area contributed by atoms with Crippen LogP contribution in [-0.2, 0) is 4.79 Å². The van der Waals surface area contributed by atoms with E-state index in [1.807, 2.05) is 0 Å². The SMILES string of the molecule is COc1ccc(NC(=O)C(CN)CC(C)C)cc1Cl. The van der Waals surface area contributed by atoms with Gasteiger partial charge in [-0.05, 0) is 30.5 Å². The second kappa shape index (κ2) is 7.36. The number of benzene rings is 1. The van der Waals surface area contributed by atoms with E-state index in [4.69, 9.17) is 22.1 Å².